The summed E-state index contributed by atoms with van der Waals surface area (Å²) in [4.78, 5) is 27.5. The zero-order valence-electron chi connectivity index (χ0n) is 11.3. The number of hydrogen-bond acceptors (Lipinski definition) is 7. The predicted octanol–water partition coefficient (Wildman–Crippen LogP) is -0.611. The topological polar surface area (TPSA) is 81.9 Å². The van der Waals surface area contributed by atoms with Gasteiger partial charge in [0.05, 0.1) is 12.7 Å². The molecule has 0 unspecified atom stereocenters. The molecule has 0 spiro atoms. The van der Waals surface area contributed by atoms with Gasteiger partial charge in [0.25, 0.3) is 0 Å². The van der Waals surface area contributed by atoms with E-state index in [0.29, 0.717) is 18.7 Å². The molecule has 0 bridgehead atoms. The Kier molecular flexibility index (Phi) is 6.24. The van der Waals surface area contributed by atoms with Crippen LogP contribution in [-0.2, 0) is 18.9 Å². The Morgan fingerprint density at radius 1 is 1.63 bits per heavy atom. The first kappa shape index (κ1) is 15.4. The summed E-state index contributed by atoms with van der Waals surface area (Å²) in [6.07, 6.45) is 2.69. The first-order chi connectivity index (χ1) is 9.06. The zero-order chi connectivity index (χ0) is 14.3. The average molecular weight is 268 g/mol. The van der Waals surface area contributed by atoms with Crippen LogP contribution in [0.5, 0.6) is 0 Å². The van der Waals surface area contributed by atoms with E-state index in [-0.39, 0.29) is 12.3 Å². The fraction of sp³-hybridized carbons (Fsp3) is 0.545. The highest BCUT2D eigenvalue weighted by molar-refractivity contribution is 6.60. The van der Waals surface area contributed by atoms with Crippen LogP contribution in [0.4, 0.5) is 0 Å². The highest BCUT2D eigenvalue weighted by atomic mass is 16.6. The van der Waals surface area contributed by atoms with Crippen molar-refractivity contribution in [3.05, 3.63) is 12.0 Å². The van der Waals surface area contributed by atoms with E-state index >= 15 is 0 Å². The molecule has 0 amide bonds. The minimum absolute atomic E-state index is 0.0629. The largest absolute Gasteiger partial charge is 0.623 e. The molecule has 0 aliphatic carbocycles. The quantitative estimate of drug-likeness (QED) is 0.459. The number of carbonyl (C=O) groups excluding carboxylic acids is 2. The second-order valence-electron chi connectivity index (χ2n) is 4.06. The van der Waals surface area contributed by atoms with Crippen molar-refractivity contribution < 1.29 is 23.3 Å². The van der Waals surface area contributed by atoms with Gasteiger partial charge in [0.15, 0.2) is 0 Å². The second-order valence-corrected chi connectivity index (χ2v) is 4.06. The number of nitrogens with zero attached hydrogens (tertiary/aromatic N) is 2. The molecule has 1 aromatic rings. The molecule has 0 atom stereocenters. The van der Waals surface area contributed by atoms with Crippen LogP contribution in [-0.4, -0.2) is 56.5 Å². The molecule has 0 fully saturated rings. The third-order valence-electron chi connectivity index (χ3n) is 2.32. The second kappa shape index (κ2) is 7.70. The van der Waals surface area contributed by atoms with Crippen LogP contribution < -0.4 is 5.79 Å². The molecule has 19 heavy (non-hydrogen) atoms. The predicted molar refractivity (Wildman–Crippen MR) is 67.9 cm³/mol. The Balaban J connectivity index is 2.47. The van der Waals surface area contributed by atoms with E-state index < -0.39 is 13.1 Å². The molecule has 104 valence electrons. The molecular weight excluding hydrogens is 251 g/mol. The van der Waals surface area contributed by atoms with Gasteiger partial charge in [-0.2, -0.15) is 0 Å². The lowest BCUT2D eigenvalue weighted by Gasteiger charge is -2.15. The molecule has 1 aromatic heterocycles. The molecule has 7 nitrogen and oxygen atoms in total. The lowest BCUT2D eigenvalue weighted by Crippen LogP contribution is -2.41. The van der Waals surface area contributed by atoms with E-state index in [0.717, 1.165) is 6.29 Å². The summed E-state index contributed by atoms with van der Waals surface area (Å²) in [5, 5.41) is 0. The number of aryl methyl sites for hydroxylation is 1. The van der Waals surface area contributed by atoms with Gasteiger partial charge in [-0.1, -0.05) is 0 Å². The van der Waals surface area contributed by atoms with Gasteiger partial charge >= 0.3 is 13.1 Å². The van der Waals surface area contributed by atoms with E-state index in [1.54, 1.807) is 18.9 Å². The molecule has 0 aliphatic heterocycles. The van der Waals surface area contributed by atoms with Crippen LogP contribution >= 0.6 is 0 Å². The van der Waals surface area contributed by atoms with Crippen LogP contribution in [0.3, 0.4) is 0 Å². The lowest BCUT2D eigenvalue weighted by atomic mass is 9.90. The SMILES string of the molecule is COB(OC(=O)CN(C)CCC=O)c1ncc(C)o1. The first-order valence-corrected chi connectivity index (χ1v) is 5.83. The van der Waals surface area contributed by atoms with Crippen molar-refractivity contribution >= 4 is 25.2 Å². The van der Waals surface area contributed by atoms with E-state index in [4.69, 9.17) is 13.7 Å². The highest BCUT2D eigenvalue weighted by Gasteiger charge is 2.30. The summed E-state index contributed by atoms with van der Waals surface area (Å²) in [7, 11) is 2.16. The maximum Gasteiger partial charge on any atom is 0.623 e. The minimum Gasteiger partial charge on any atom is -0.502 e. The lowest BCUT2D eigenvalue weighted by molar-refractivity contribution is -0.136. The maximum absolute atomic E-state index is 11.7. The Labute approximate surface area is 112 Å². The van der Waals surface area contributed by atoms with E-state index in [1.165, 1.54) is 13.3 Å². The van der Waals surface area contributed by atoms with E-state index in [9.17, 15) is 9.59 Å². The monoisotopic (exact) mass is 268 g/mol. The molecule has 0 N–H and O–H groups in total. The molecule has 1 rings (SSSR count). The van der Waals surface area contributed by atoms with Crippen LogP contribution in [0, 0.1) is 6.92 Å². The molecule has 0 saturated heterocycles. The normalized spacial score (nSPS) is 10.5. The number of likely N-dealkylation sites (N-methyl/N-ethyl adjacent to an activating group) is 1. The van der Waals surface area contributed by atoms with E-state index in [2.05, 4.69) is 4.98 Å². The summed E-state index contributed by atoms with van der Waals surface area (Å²) in [5.41, 5.74) is 0. The van der Waals surface area contributed by atoms with Crippen molar-refractivity contribution in [2.24, 2.45) is 0 Å². The van der Waals surface area contributed by atoms with Crippen molar-refractivity contribution in [2.45, 2.75) is 13.3 Å². The van der Waals surface area contributed by atoms with Gasteiger partial charge in [-0.15, -0.1) is 0 Å². The number of rotatable bonds is 8. The van der Waals surface area contributed by atoms with Crippen LogP contribution in [0.25, 0.3) is 0 Å². The van der Waals surface area contributed by atoms with Crippen molar-refractivity contribution in [3.63, 3.8) is 0 Å². The Hall–Kier alpha value is -1.67. The Bertz CT molecular complexity index is 423. The number of hydrogen-bond donors (Lipinski definition) is 0. The van der Waals surface area contributed by atoms with Crippen LogP contribution in [0.1, 0.15) is 12.2 Å². The van der Waals surface area contributed by atoms with Gasteiger partial charge in [-0.3, -0.25) is 9.69 Å². The third-order valence-corrected chi connectivity index (χ3v) is 2.32. The summed E-state index contributed by atoms with van der Waals surface area (Å²) in [6.45, 7) is 2.29. The van der Waals surface area contributed by atoms with E-state index in [1.807, 2.05) is 0 Å². The Morgan fingerprint density at radius 2 is 2.37 bits per heavy atom. The van der Waals surface area contributed by atoms with Gasteiger partial charge < -0.3 is 18.5 Å². The number of carbonyl (C=O) groups is 2. The van der Waals surface area contributed by atoms with Gasteiger partial charge in [0, 0.05) is 20.1 Å². The molecule has 0 saturated carbocycles. The summed E-state index contributed by atoms with van der Waals surface area (Å²) in [5.74, 6) is 0.330. The van der Waals surface area contributed by atoms with Gasteiger partial charge in [0.1, 0.15) is 12.0 Å². The minimum atomic E-state index is -0.958. The van der Waals surface area contributed by atoms with Gasteiger partial charge in [0.2, 0.25) is 5.79 Å². The third kappa shape index (κ3) is 5.23. The Morgan fingerprint density at radius 3 is 2.89 bits per heavy atom. The molecular formula is C11H17BN2O5. The fourth-order valence-corrected chi connectivity index (χ4v) is 1.41. The number of aromatic nitrogens is 1. The molecule has 0 aromatic carbocycles. The van der Waals surface area contributed by atoms with Crippen molar-refractivity contribution in [1.29, 1.82) is 0 Å². The number of aldehydes is 1. The summed E-state index contributed by atoms with van der Waals surface area (Å²) >= 11 is 0. The highest BCUT2D eigenvalue weighted by Crippen LogP contribution is 1.97. The van der Waals surface area contributed by atoms with Crippen molar-refractivity contribution in [3.8, 4) is 0 Å². The van der Waals surface area contributed by atoms with Crippen molar-refractivity contribution in [1.82, 2.24) is 9.88 Å². The zero-order valence-corrected chi connectivity index (χ0v) is 11.3. The molecule has 0 radical (unpaired) electrons. The maximum atomic E-state index is 11.7. The molecule has 8 heteroatoms. The molecule has 1 heterocycles. The average Bonchev–Trinajstić information content (AvgIpc) is 2.80. The summed E-state index contributed by atoms with van der Waals surface area (Å²) in [6, 6.07) is 0. The fourth-order valence-electron chi connectivity index (χ4n) is 1.41. The van der Waals surface area contributed by atoms with Crippen molar-refractivity contribution in [2.75, 3.05) is 27.2 Å². The van der Waals surface area contributed by atoms with Crippen LogP contribution in [0.15, 0.2) is 10.6 Å². The first-order valence-electron chi connectivity index (χ1n) is 5.83. The van der Waals surface area contributed by atoms with Gasteiger partial charge in [-0.05, 0) is 14.0 Å². The molecule has 0 aliphatic rings. The van der Waals surface area contributed by atoms with Gasteiger partial charge in [-0.25, -0.2) is 4.98 Å². The standard InChI is InChI=1S/C11H17BN2O5/c1-9-7-13-11(18-9)12(17-3)19-10(16)8-14(2)5-4-6-15/h6-7H,4-5,8H2,1-3H3. The van der Waals surface area contributed by atoms with Crippen LogP contribution in [0.2, 0.25) is 0 Å². The summed E-state index contributed by atoms with van der Waals surface area (Å²) < 4.78 is 15.3. The number of oxazole rings is 1. The smallest absolute Gasteiger partial charge is 0.502 e.